The molecule has 2 amide bonds. The van der Waals surface area contributed by atoms with E-state index in [0.29, 0.717) is 34.7 Å². The van der Waals surface area contributed by atoms with E-state index in [1.807, 2.05) is 6.07 Å². The van der Waals surface area contributed by atoms with E-state index in [1.54, 1.807) is 72.6 Å². The van der Waals surface area contributed by atoms with Gasteiger partial charge in [0.25, 0.3) is 5.91 Å². The third-order valence-electron chi connectivity index (χ3n) is 7.57. The van der Waals surface area contributed by atoms with Gasteiger partial charge in [0.05, 0.1) is 47.1 Å². The fourth-order valence-corrected chi connectivity index (χ4v) is 5.10. The molecule has 2 heterocycles. The molecule has 0 unspecified atom stereocenters. The summed E-state index contributed by atoms with van der Waals surface area (Å²) in [5.41, 5.74) is 3.40. The van der Waals surface area contributed by atoms with Crippen LogP contribution in [0.4, 0.5) is 17.1 Å². The molecule has 11 nitrogen and oxygen atoms in total. The molecular formula is C31H32N6O5. The van der Waals surface area contributed by atoms with Crippen molar-refractivity contribution in [2.75, 3.05) is 69.2 Å². The minimum Gasteiger partial charge on any atom is -0.465 e. The number of fused-ring (bicyclic) bond motifs is 1. The number of methoxy groups -OCH3 is 1. The number of ether oxygens (including phenoxy) is 1. The summed E-state index contributed by atoms with van der Waals surface area (Å²) in [5.74, 6) is -1.00. The average molecular weight is 569 g/mol. The number of carbonyl (C=O) groups excluding carboxylic acids is 3. The van der Waals surface area contributed by atoms with E-state index in [0.717, 1.165) is 26.2 Å². The van der Waals surface area contributed by atoms with Gasteiger partial charge in [-0.1, -0.05) is 36.4 Å². The molecule has 0 radical (unpaired) electrons. The molecule has 5 rings (SSSR count). The van der Waals surface area contributed by atoms with Gasteiger partial charge < -0.3 is 19.9 Å². The zero-order valence-corrected chi connectivity index (χ0v) is 23.7. The number of nitrogens with one attached hydrogen (secondary N) is 1. The highest BCUT2D eigenvalue weighted by molar-refractivity contribution is 6.37. The molecule has 0 spiro atoms. The number of piperazine rings is 1. The van der Waals surface area contributed by atoms with Crippen LogP contribution in [-0.4, -0.2) is 81.5 Å². The smallest absolute Gasteiger partial charge is 0.337 e. The predicted octanol–water partition coefficient (Wildman–Crippen LogP) is 3.69. The van der Waals surface area contributed by atoms with Crippen molar-refractivity contribution in [3.8, 4) is 0 Å². The normalized spacial score (nSPS) is 16.3. The third kappa shape index (κ3) is 5.78. The fourth-order valence-electron chi connectivity index (χ4n) is 5.10. The Morgan fingerprint density at radius 2 is 1.60 bits per heavy atom. The van der Waals surface area contributed by atoms with Gasteiger partial charge in [0.15, 0.2) is 0 Å². The molecule has 42 heavy (non-hydrogen) atoms. The SMILES string of the molecule is COC(=O)c1ccc2c(c1)NC(=O)/C2=C(/c1ccccc1)N(N=O)c1ccc(N(C)C(=O)CN2CCN(C)CC2)cc1. The van der Waals surface area contributed by atoms with Crippen molar-refractivity contribution in [3.63, 3.8) is 0 Å². The van der Waals surface area contributed by atoms with Crippen LogP contribution in [0.1, 0.15) is 21.5 Å². The van der Waals surface area contributed by atoms with Gasteiger partial charge in [-0.05, 0) is 43.4 Å². The molecule has 0 aliphatic carbocycles. The van der Waals surface area contributed by atoms with Crippen LogP contribution < -0.4 is 15.2 Å². The Balaban J connectivity index is 1.48. The molecule has 11 heteroatoms. The molecule has 2 aliphatic heterocycles. The van der Waals surface area contributed by atoms with Crippen LogP contribution in [0.5, 0.6) is 0 Å². The maximum absolute atomic E-state index is 13.3. The fraction of sp³-hybridized carbons (Fsp3) is 0.258. The number of benzene rings is 3. The quantitative estimate of drug-likeness (QED) is 0.189. The lowest BCUT2D eigenvalue weighted by Gasteiger charge is -2.32. The number of amides is 2. The molecule has 0 aromatic heterocycles. The topological polar surface area (TPSA) is 115 Å². The summed E-state index contributed by atoms with van der Waals surface area (Å²) < 4.78 is 4.81. The Bertz CT molecular complexity index is 1530. The van der Waals surface area contributed by atoms with Crippen molar-refractivity contribution in [1.29, 1.82) is 0 Å². The molecule has 1 N–H and O–H groups in total. The summed E-state index contributed by atoms with van der Waals surface area (Å²) in [4.78, 5) is 56.8. The monoisotopic (exact) mass is 568 g/mol. The van der Waals surface area contributed by atoms with Crippen molar-refractivity contribution in [3.05, 3.63) is 94.4 Å². The zero-order chi connectivity index (χ0) is 29.8. The van der Waals surface area contributed by atoms with Gasteiger partial charge in [0.2, 0.25) is 5.91 Å². The van der Waals surface area contributed by atoms with E-state index in [4.69, 9.17) is 4.74 Å². The van der Waals surface area contributed by atoms with Crippen LogP contribution >= 0.6 is 0 Å². The minimum atomic E-state index is -0.531. The lowest BCUT2D eigenvalue weighted by atomic mass is 9.98. The number of nitroso groups, excluding NO2 is 1. The maximum Gasteiger partial charge on any atom is 0.337 e. The molecule has 3 aromatic rings. The van der Waals surface area contributed by atoms with Crippen molar-refractivity contribution in [2.24, 2.45) is 5.29 Å². The standard InChI is InChI=1S/C31H32N6O5/c1-34-15-17-36(18-16-34)20-27(38)35(2)23-10-12-24(13-11-23)37(33-41)29(21-7-5-4-6-8-21)28-25-14-9-22(31(40)42-3)19-26(25)32-30(28)39/h4-14,19H,15-18,20H2,1-3H3,(H,32,39)/b29-28-. The summed E-state index contributed by atoms with van der Waals surface area (Å²) in [6, 6.07) is 20.6. The summed E-state index contributed by atoms with van der Waals surface area (Å²) in [6.07, 6.45) is 0. The van der Waals surface area contributed by atoms with E-state index in [1.165, 1.54) is 18.2 Å². The van der Waals surface area contributed by atoms with Crippen molar-refractivity contribution in [2.45, 2.75) is 0 Å². The van der Waals surface area contributed by atoms with Gasteiger partial charge in [-0.15, -0.1) is 4.91 Å². The highest BCUT2D eigenvalue weighted by Gasteiger charge is 2.32. The van der Waals surface area contributed by atoms with Crippen LogP contribution in [-0.2, 0) is 14.3 Å². The lowest BCUT2D eigenvalue weighted by Crippen LogP contribution is -2.48. The lowest BCUT2D eigenvalue weighted by molar-refractivity contribution is -0.119. The number of likely N-dealkylation sites (N-methyl/N-ethyl adjacent to an activating group) is 2. The van der Waals surface area contributed by atoms with Crippen LogP contribution in [0.2, 0.25) is 0 Å². The van der Waals surface area contributed by atoms with Crippen LogP contribution in [0.3, 0.4) is 0 Å². The van der Waals surface area contributed by atoms with Crippen molar-refractivity contribution >= 4 is 46.1 Å². The summed E-state index contributed by atoms with van der Waals surface area (Å²) in [6.45, 7) is 3.85. The van der Waals surface area contributed by atoms with E-state index in [9.17, 15) is 19.3 Å². The second-order valence-electron chi connectivity index (χ2n) is 10.2. The average Bonchev–Trinajstić information content (AvgIpc) is 3.35. The first kappa shape index (κ1) is 28.7. The van der Waals surface area contributed by atoms with E-state index in [-0.39, 0.29) is 22.7 Å². The zero-order valence-electron chi connectivity index (χ0n) is 23.7. The third-order valence-corrected chi connectivity index (χ3v) is 7.57. The number of hydrogen-bond donors (Lipinski definition) is 1. The van der Waals surface area contributed by atoms with Gasteiger partial charge in [0.1, 0.15) is 0 Å². The van der Waals surface area contributed by atoms with Gasteiger partial charge in [-0.3, -0.25) is 14.5 Å². The van der Waals surface area contributed by atoms with Gasteiger partial charge in [-0.25, -0.2) is 4.79 Å². The van der Waals surface area contributed by atoms with E-state index >= 15 is 0 Å². The summed E-state index contributed by atoms with van der Waals surface area (Å²) >= 11 is 0. The highest BCUT2D eigenvalue weighted by atomic mass is 16.5. The number of hydrogen-bond acceptors (Lipinski definition) is 8. The largest absolute Gasteiger partial charge is 0.465 e. The first-order chi connectivity index (χ1) is 20.3. The van der Waals surface area contributed by atoms with Gasteiger partial charge in [0, 0.05) is 50.0 Å². The van der Waals surface area contributed by atoms with Gasteiger partial charge >= 0.3 is 5.97 Å². The molecule has 1 saturated heterocycles. The Morgan fingerprint density at radius 3 is 2.24 bits per heavy atom. The Kier molecular flexibility index (Phi) is 8.41. The molecule has 1 fully saturated rings. The molecule has 3 aromatic carbocycles. The van der Waals surface area contributed by atoms with Crippen LogP contribution in [0.25, 0.3) is 11.3 Å². The van der Waals surface area contributed by atoms with Crippen molar-refractivity contribution < 1.29 is 19.1 Å². The van der Waals surface area contributed by atoms with Crippen LogP contribution in [0.15, 0.2) is 78.1 Å². The summed E-state index contributed by atoms with van der Waals surface area (Å²) in [5, 5.41) is 7.28. The molecule has 0 saturated carbocycles. The first-order valence-corrected chi connectivity index (χ1v) is 13.6. The Labute approximate surface area is 243 Å². The number of carbonyl (C=O) groups is 3. The van der Waals surface area contributed by atoms with E-state index in [2.05, 4.69) is 27.5 Å². The van der Waals surface area contributed by atoms with Crippen molar-refractivity contribution in [1.82, 2.24) is 9.80 Å². The highest BCUT2D eigenvalue weighted by Crippen LogP contribution is 2.41. The molecular weight excluding hydrogens is 536 g/mol. The number of nitrogens with zero attached hydrogens (tertiary/aromatic N) is 5. The predicted molar refractivity (Wildman–Crippen MR) is 162 cm³/mol. The maximum atomic E-state index is 13.3. The molecule has 216 valence electrons. The second-order valence-corrected chi connectivity index (χ2v) is 10.2. The number of esters is 1. The number of rotatable bonds is 8. The first-order valence-electron chi connectivity index (χ1n) is 13.6. The Hall–Kier alpha value is -4.87. The molecule has 2 aliphatic rings. The van der Waals surface area contributed by atoms with Crippen LogP contribution in [0, 0.1) is 4.91 Å². The van der Waals surface area contributed by atoms with E-state index < -0.39 is 11.9 Å². The molecule has 0 atom stereocenters. The summed E-state index contributed by atoms with van der Waals surface area (Å²) in [7, 11) is 5.08. The minimum absolute atomic E-state index is 0.0321. The number of anilines is 3. The van der Waals surface area contributed by atoms with Gasteiger partial charge in [-0.2, -0.15) is 5.01 Å². The Morgan fingerprint density at radius 1 is 0.929 bits per heavy atom. The molecule has 0 bridgehead atoms. The second kappa shape index (κ2) is 12.3.